The van der Waals surface area contributed by atoms with Crippen molar-refractivity contribution < 1.29 is 4.79 Å². The molecular weight excluding hydrogens is 318 g/mol. The van der Waals surface area contributed by atoms with Gasteiger partial charge in [-0.15, -0.1) is 23.7 Å². The molecule has 1 aliphatic heterocycles. The summed E-state index contributed by atoms with van der Waals surface area (Å²) in [6.45, 7) is 2.43. The maximum atomic E-state index is 12.6. The van der Waals surface area contributed by atoms with E-state index in [2.05, 4.69) is 21.7 Å². The number of hydrogen-bond acceptors (Lipinski definition) is 4. The molecule has 118 valence electrons. The molecule has 0 aliphatic carbocycles. The number of carbonyl (C=O) groups excluding carboxylic acids is 1. The first-order chi connectivity index (χ1) is 10.3. The van der Waals surface area contributed by atoms with Crippen molar-refractivity contribution in [2.45, 2.75) is 18.9 Å². The molecule has 3 rings (SSSR count). The molecule has 1 unspecified atom stereocenters. The predicted molar refractivity (Wildman–Crippen MR) is 91.4 cm³/mol. The zero-order valence-corrected chi connectivity index (χ0v) is 13.9. The summed E-state index contributed by atoms with van der Waals surface area (Å²) >= 11 is 1.72. The maximum Gasteiger partial charge on any atom is 0.223 e. The summed E-state index contributed by atoms with van der Waals surface area (Å²) < 4.78 is 0. The first-order valence-corrected chi connectivity index (χ1v) is 8.15. The van der Waals surface area contributed by atoms with E-state index in [-0.39, 0.29) is 24.4 Å². The Morgan fingerprint density at radius 2 is 2.32 bits per heavy atom. The lowest BCUT2D eigenvalue weighted by Crippen LogP contribution is -2.48. The molecule has 3 heterocycles. The molecule has 1 saturated heterocycles. The lowest BCUT2D eigenvalue weighted by atomic mass is 10.0. The number of amides is 1. The largest absolute Gasteiger partial charge is 0.333 e. The Hall–Kier alpha value is -1.43. The third-order valence-corrected chi connectivity index (χ3v) is 4.73. The van der Waals surface area contributed by atoms with Crippen molar-refractivity contribution in [1.29, 1.82) is 0 Å². The number of rotatable bonds is 4. The molecule has 1 aliphatic rings. The van der Waals surface area contributed by atoms with Crippen LogP contribution in [0.25, 0.3) is 0 Å². The Kier molecular flexibility index (Phi) is 6.36. The summed E-state index contributed by atoms with van der Waals surface area (Å²) in [4.78, 5) is 20.0. The van der Waals surface area contributed by atoms with Crippen LogP contribution in [0.1, 0.15) is 22.9 Å². The van der Waals surface area contributed by atoms with Gasteiger partial charge in [0.2, 0.25) is 5.91 Å². The zero-order chi connectivity index (χ0) is 14.5. The summed E-state index contributed by atoms with van der Waals surface area (Å²) in [6.07, 6.45) is 5.04. The summed E-state index contributed by atoms with van der Waals surface area (Å²) in [5.41, 5.74) is 1.11. The Morgan fingerprint density at radius 3 is 3.05 bits per heavy atom. The minimum absolute atomic E-state index is 0. The fourth-order valence-corrected chi connectivity index (χ4v) is 3.41. The van der Waals surface area contributed by atoms with Gasteiger partial charge in [-0.3, -0.25) is 9.78 Å². The van der Waals surface area contributed by atoms with Crippen LogP contribution in [-0.4, -0.2) is 35.4 Å². The number of aryl methyl sites for hydroxylation is 1. The number of piperazine rings is 1. The fraction of sp³-hybridized carbons (Fsp3) is 0.375. The molecule has 0 spiro atoms. The second-order valence-corrected chi connectivity index (χ2v) is 6.21. The molecule has 1 N–H and O–H groups in total. The minimum Gasteiger partial charge on any atom is -0.333 e. The van der Waals surface area contributed by atoms with Gasteiger partial charge < -0.3 is 10.2 Å². The van der Waals surface area contributed by atoms with Crippen LogP contribution in [-0.2, 0) is 11.2 Å². The van der Waals surface area contributed by atoms with Gasteiger partial charge in [-0.25, -0.2) is 0 Å². The normalized spacial score (nSPS) is 17.8. The number of hydrogen-bond donors (Lipinski definition) is 1. The number of aromatic nitrogens is 1. The lowest BCUT2D eigenvalue weighted by Gasteiger charge is -2.36. The van der Waals surface area contributed by atoms with Crippen LogP contribution < -0.4 is 5.32 Å². The van der Waals surface area contributed by atoms with Crippen molar-refractivity contribution in [3.63, 3.8) is 0 Å². The Bertz CT molecular complexity index is 576. The van der Waals surface area contributed by atoms with Crippen LogP contribution in [0.4, 0.5) is 0 Å². The second kappa shape index (κ2) is 8.27. The van der Waals surface area contributed by atoms with Gasteiger partial charge in [0, 0.05) is 43.3 Å². The predicted octanol–water partition coefficient (Wildman–Crippen LogP) is 2.67. The number of thiophene rings is 1. The number of carbonyl (C=O) groups is 1. The van der Waals surface area contributed by atoms with Crippen LogP contribution in [0, 0.1) is 0 Å². The van der Waals surface area contributed by atoms with Crippen LogP contribution >= 0.6 is 23.7 Å². The first-order valence-electron chi connectivity index (χ1n) is 7.27. The first kappa shape index (κ1) is 16.9. The van der Waals surface area contributed by atoms with Gasteiger partial charge in [0.1, 0.15) is 0 Å². The molecule has 6 heteroatoms. The smallest absolute Gasteiger partial charge is 0.223 e. The van der Waals surface area contributed by atoms with Gasteiger partial charge in [-0.05, 0) is 29.5 Å². The van der Waals surface area contributed by atoms with Gasteiger partial charge in [-0.1, -0.05) is 12.1 Å². The van der Waals surface area contributed by atoms with Gasteiger partial charge in [0.25, 0.3) is 0 Å². The van der Waals surface area contributed by atoms with Crippen LogP contribution in [0.2, 0.25) is 0 Å². The lowest BCUT2D eigenvalue weighted by molar-refractivity contribution is -0.134. The van der Waals surface area contributed by atoms with E-state index in [1.807, 2.05) is 29.3 Å². The Morgan fingerprint density at radius 1 is 1.41 bits per heavy atom. The van der Waals surface area contributed by atoms with Gasteiger partial charge >= 0.3 is 0 Å². The molecule has 1 fully saturated rings. The highest BCUT2D eigenvalue weighted by Gasteiger charge is 2.27. The SMILES string of the molecule is Cl.O=C(CCc1cccs1)N1CCNCC1c1cccnc1. The average molecular weight is 338 g/mol. The van der Waals surface area contributed by atoms with Crippen molar-refractivity contribution in [2.75, 3.05) is 19.6 Å². The maximum absolute atomic E-state index is 12.6. The van der Waals surface area contributed by atoms with Crippen molar-refractivity contribution in [3.8, 4) is 0 Å². The average Bonchev–Trinajstić information content (AvgIpc) is 3.07. The fourth-order valence-electron chi connectivity index (χ4n) is 2.70. The highest BCUT2D eigenvalue weighted by atomic mass is 35.5. The van der Waals surface area contributed by atoms with E-state index in [0.29, 0.717) is 6.42 Å². The molecule has 1 atom stereocenters. The van der Waals surface area contributed by atoms with E-state index >= 15 is 0 Å². The van der Waals surface area contributed by atoms with Crippen molar-refractivity contribution in [1.82, 2.24) is 15.2 Å². The molecule has 2 aromatic rings. The van der Waals surface area contributed by atoms with Gasteiger partial charge in [-0.2, -0.15) is 0 Å². The van der Waals surface area contributed by atoms with Gasteiger partial charge in [0.05, 0.1) is 6.04 Å². The molecule has 0 bridgehead atoms. The molecule has 2 aromatic heterocycles. The van der Waals surface area contributed by atoms with Crippen LogP contribution in [0.3, 0.4) is 0 Å². The van der Waals surface area contributed by atoms with E-state index in [0.717, 1.165) is 31.6 Å². The second-order valence-electron chi connectivity index (χ2n) is 5.17. The summed E-state index contributed by atoms with van der Waals surface area (Å²) in [5, 5.41) is 5.43. The van der Waals surface area contributed by atoms with Crippen LogP contribution in [0.5, 0.6) is 0 Å². The molecule has 0 aromatic carbocycles. The van der Waals surface area contributed by atoms with Crippen molar-refractivity contribution in [3.05, 3.63) is 52.5 Å². The van der Waals surface area contributed by atoms with Crippen molar-refractivity contribution >= 4 is 29.7 Å². The van der Waals surface area contributed by atoms with E-state index in [9.17, 15) is 4.79 Å². The standard InChI is InChI=1S/C16H19N3OS.ClH/c20-16(6-5-14-4-2-10-21-14)19-9-8-18-12-15(19)13-3-1-7-17-11-13;/h1-4,7,10-11,15,18H,5-6,8-9,12H2;1H. The molecule has 0 saturated carbocycles. The van der Waals surface area contributed by atoms with E-state index in [1.54, 1.807) is 17.5 Å². The van der Waals surface area contributed by atoms with E-state index in [4.69, 9.17) is 0 Å². The summed E-state index contributed by atoms with van der Waals surface area (Å²) in [5.74, 6) is 0.235. The van der Waals surface area contributed by atoms with Crippen LogP contribution in [0.15, 0.2) is 42.0 Å². The Labute approximate surface area is 141 Å². The highest BCUT2D eigenvalue weighted by molar-refractivity contribution is 7.09. The number of pyridine rings is 1. The Balaban J connectivity index is 0.00000176. The van der Waals surface area contributed by atoms with E-state index in [1.165, 1.54) is 4.88 Å². The summed E-state index contributed by atoms with van der Waals surface area (Å²) in [6, 6.07) is 8.20. The quantitative estimate of drug-likeness (QED) is 0.933. The molecule has 4 nitrogen and oxygen atoms in total. The minimum atomic E-state index is 0. The number of nitrogens with one attached hydrogen (secondary N) is 1. The third-order valence-electron chi connectivity index (χ3n) is 3.80. The number of nitrogens with zero attached hydrogens (tertiary/aromatic N) is 2. The molecular formula is C16H20ClN3OS. The molecule has 22 heavy (non-hydrogen) atoms. The zero-order valence-electron chi connectivity index (χ0n) is 12.3. The third kappa shape index (κ3) is 4.06. The van der Waals surface area contributed by atoms with Gasteiger partial charge in [0.15, 0.2) is 0 Å². The van der Waals surface area contributed by atoms with E-state index < -0.39 is 0 Å². The molecule has 0 radical (unpaired) electrons. The summed E-state index contributed by atoms with van der Waals surface area (Å²) in [7, 11) is 0. The topological polar surface area (TPSA) is 45.2 Å². The monoisotopic (exact) mass is 337 g/mol. The van der Waals surface area contributed by atoms with Crippen molar-refractivity contribution in [2.24, 2.45) is 0 Å². The number of halogens is 1. The molecule has 1 amide bonds. The highest BCUT2D eigenvalue weighted by Crippen LogP contribution is 2.23.